The van der Waals surface area contributed by atoms with Gasteiger partial charge in [-0.25, -0.2) is 0 Å². The van der Waals surface area contributed by atoms with Crippen LogP contribution < -0.4 is 10.2 Å². The second kappa shape index (κ2) is 8.88. The average Bonchev–Trinajstić information content (AvgIpc) is 2.62. The van der Waals surface area contributed by atoms with E-state index in [1.165, 1.54) is 24.9 Å². The van der Waals surface area contributed by atoms with Gasteiger partial charge in [-0.2, -0.15) is 0 Å². The van der Waals surface area contributed by atoms with Crippen LogP contribution in [0, 0.1) is 5.92 Å². The molecule has 5 heteroatoms. The number of nitrogens with one attached hydrogen (secondary N) is 1. The van der Waals surface area contributed by atoms with Crippen LogP contribution in [0.4, 0.5) is 5.69 Å². The summed E-state index contributed by atoms with van der Waals surface area (Å²) in [6, 6.07) is 10.3. The summed E-state index contributed by atoms with van der Waals surface area (Å²) < 4.78 is 0. The van der Waals surface area contributed by atoms with Crippen molar-refractivity contribution in [2.75, 3.05) is 37.6 Å². The van der Waals surface area contributed by atoms with Gasteiger partial charge in [0.1, 0.15) is 0 Å². The van der Waals surface area contributed by atoms with Crippen molar-refractivity contribution in [3.05, 3.63) is 30.3 Å². The maximum atomic E-state index is 12.3. The second-order valence-corrected chi connectivity index (χ2v) is 7.16. The summed E-state index contributed by atoms with van der Waals surface area (Å²) in [4.78, 5) is 28.3. The molecule has 3 rings (SSSR count). The first-order chi connectivity index (χ1) is 12.2. The molecule has 136 valence electrons. The summed E-state index contributed by atoms with van der Waals surface area (Å²) in [7, 11) is 0. The lowest BCUT2D eigenvalue weighted by Crippen LogP contribution is -2.48. The maximum absolute atomic E-state index is 12.3. The van der Waals surface area contributed by atoms with Crippen molar-refractivity contribution in [1.29, 1.82) is 0 Å². The van der Waals surface area contributed by atoms with E-state index >= 15 is 0 Å². The number of rotatable bonds is 7. The van der Waals surface area contributed by atoms with E-state index in [0.717, 1.165) is 32.6 Å². The molecule has 25 heavy (non-hydrogen) atoms. The van der Waals surface area contributed by atoms with E-state index in [2.05, 4.69) is 22.3 Å². The number of hydrogen-bond donors (Lipinski definition) is 1. The van der Waals surface area contributed by atoms with Gasteiger partial charge in [-0.3, -0.25) is 9.59 Å². The molecule has 1 saturated carbocycles. The molecule has 0 unspecified atom stereocenters. The molecule has 2 amide bonds. The molecule has 0 spiro atoms. The summed E-state index contributed by atoms with van der Waals surface area (Å²) in [6.45, 7) is 3.94. The molecule has 1 aliphatic heterocycles. The molecule has 0 bridgehead atoms. The number of nitrogens with zero attached hydrogens (tertiary/aromatic N) is 2. The Morgan fingerprint density at radius 1 is 1.04 bits per heavy atom. The van der Waals surface area contributed by atoms with Crippen LogP contribution in [0.25, 0.3) is 0 Å². The van der Waals surface area contributed by atoms with E-state index in [-0.39, 0.29) is 11.8 Å². The van der Waals surface area contributed by atoms with Gasteiger partial charge in [-0.1, -0.05) is 24.6 Å². The van der Waals surface area contributed by atoms with E-state index in [0.29, 0.717) is 25.3 Å². The zero-order valence-corrected chi connectivity index (χ0v) is 15.0. The van der Waals surface area contributed by atoms with Gasteiger partial charge in [-0.05, 0) is 37.3 Å². The lowest BCUT2D eigenvalue weighted by atomic mass is 9.83. The third-order valence-corrected chi connectivity index (χ3v) is 5.34. The number of para-hydroxylation sites is 1. The van der Waals surface area contributed by atoms with Gasteiger partial charge in [0.15, 0.2) is 0 Å². The van der Waals surface area contributed by atoms with Crippen LogP contribution in [-0.4, -0.2) is 49.4 Å². The van der Waals surface area contributed by atoms with Gasteiger partial charge < -0.3 is 15.1 Å². The molecule has 1 N–H and O–H groups in total. The van der Waals surface area contributed by atoms with E-state index < -0.39 is 0 Å². The lowest BCUT2D eigenvalue weighted by Gasteiger charge is -2.36. The van der Waals surface area contributed by atoms with Crippen LogP contribution in [0.3, 0.4) is 0 Å². The highest BCUT2D eigenvalue weighted by atomic mass is 16.2. The Labute approximate surface area is 150 Å². The summed E-state index contributed by atoms with van der Waals surface area (Å²) in [5.74, 6) is 0.956. The van der Waals surface area contributed by atoms with Crippen LogP contribution in [0.5, 0.6) is 0 Å². The fraction of sp³-hybridized carbons (Fsp3) is 0.600. The molecule has 1 aromatic carbocycles. The van der Waals surface area contributed by atoms with Crippen LogP contribution in [0.1, 0.15) is 38.5 Å². The smallest absolute Gasteiger partial charge is 0.222 e. The van der Waals surface area contributed by atoms with Crippen molar-refractivity contribution in [2.45, 2.75) is 38.5 Å². The van der Waals surface area contributed by atoms with E-state index in [1.807, 2.05) is 23.1 Å². The number of amides is 2. The Balaban J connectivity index is 1.29. The summed E-state index contributed by atoms with van der Waals surface area (Å²) in [5.41, 5.74) is 1.23. The normalized spacial score (nSPS) is 17.9. The predicted molar refractivity (Wildman–Crippen MR) is 99.4 cm³/mol. The Morgan fingerprint density at radius 3 is 2.40 bits per heavy atom. The zero-order chi connectivity index (χ0) is 17.5. The molecule has 0 aromatic heterocycles. The van der Waals surface area contributed by atoms with Crippen LogP contribution in [0.15, 0.2) is 30.3 Å². The van der Waals surface area contributed by atoms with E-state index in [1.54, 1.807) is 0 Å². The molecule has 2 aliphatic rings. The molecule has 1 heterocycles. The van der Waals surface area contributed by atoms with E-state index in [4.69, 9.17) is 0 Å². The number of piperazine rings is 1. The number of benzene rings is 1. The fourth-order valence-electron chi connectivity index (χ4n) is 3.51. The van der Waals surface area contributed by atoms with Crippen molar-refractivity contribution in [1.82, 2.24) is 10.2 Å². The Kier molecular flexibility index (Phi) is 6.31. The molecular formula is C20H29N3O2. The first kappa shape index (κ1) is 17.8. The molecule has 5 nitrogen and oxygen atoms in total. The number of carbonyl (C=O) groups excluding carboxylic acids is 2. The van der Waals surface area contributed by atoms with Gasteiger partial charge in [-0.15, -0.1) is 0 Å². The standard InChI is InChI=1S/C20H29N3O2/c24-19(16-17-6-4-7-17)21-11-5-10-20(25)23-14-12-22(13-15-23)18-8-2-1-3-9-18/h1-3,8-9,17H,4-7,10-16H2,(H,21,24). The van der Waals surface area contributed by atoms with Crippen molar-refractivity contribution >= 4 is 17.5 Å². The third kappa shape index (κ3) is 5.21. The molecule has 1 aliphatic carbocycles. The topological polar surface area (TPSA) is 52.7 Å². The van der Waals surface area contributed by atoms with Gasteiger partial charge in [0, 0.05) is 51.3 Å². The zero-order valence-electron chi connectivity index (χ0n) is 15.0. The van der Waals surface area contributed by atoms with Gasteiger partial charge in [0.2, 0.25) is 11.8 Å². The monoisotopic (exact) mass is 343 g/mol. The largest absolute Gasteiger partial charge is 0.368 e. The Morgan fingerprint density at radius 2 is 1.76 bits per heavy atom. The summed E-state index contributed by atoms with van der Waals surface area (Å²) in [6.07, 6.45) is 5.57. The first-order valence-electron chi connectivity index (χ1n) is 9.57. The van der Waals surface area contributed by atoms with Crippen molar-refractivity contribution in [3.8, 4) is 0 Å². The van der Waals surface area contributed by atoms with Crippen molar-refractivity contribution < 1.29 is 9.59 Å². The van der Waals surface area contributed by atoms with Crippen molar-refractivity contribution in [2.24, 2.45) is 5.92 Å². The molecule has 1 saturated heterocycles. The quantitative estimate of drug-likeness (QED) is 0.774. The molecule has 2 fully saturated rings. The minimum atomic E-state index is 0.147. The SMILES string of the molecule is O=C(CC1CCC1)NCCCC(=O)N1CCN(c2ccccc2)CC1. The summed E-state index contributed by atoms with van der Waals surface area (Å²) >= 11 is 0. The third-order valence-electron chi connectivity index (χ3n) is 5.34. The first-order valence-corrected chi connectivity index (χ1v) is 9.57. The van der Waals surface area contributed by atoms with Gasteiger partial charge >= 0.3 is 0 Å². The lowest BCUT2D eigenvalue weighted by molar-refractivity contribution is -0.131. The molecular weight excluding hydrogens is 314 g/mol. The molecule has 1 aromatic rings. The fourth-order valence-corrected chi connectivity index (χ4v) is 3.51. The highest BCUT2D eigenvalue weighted by Crippen LogP contribution is 2.29. The predicted octanol–water partition coefficient (Wildman–Crippen LogP) is 2.42. The van der Waals surface area contributed by atoms with Gasteiger partial charge in [0.25, 0.3) is 0 Å². The van der Waals surface area contributed by atoms with Crippen LogP contribution in [-0.2, 0) is 9.59 Å². The minimum absolute atomic E-state index is 0.147. The van der Waals surface area contributed by atoms with E-state index in [9.17, 15) is 9.59 Å². The Hall–Kier alpha value is -2.04. The Bertz CT molecular complexity index is 564. The van der Waals surface area contributed by atoms with Gasteiger partial charge in [0.05, 0.1) is 0 Å². The highest BCUT2D eigenvalue weighted by molar-refractivity contribution is 5.77. The number of anilines is 1. The van der Waals surface area contributed by atoms with Crippen LogP contribution >= 0.6 is 0 Å². The summed E-state index contributed by atoms with van der Waals surface area (Å²) in [5, 5.41) is 2.95. The number of carbonyl (C=O) groups is 2. The van der Waals surface area contributed by atoms with Crippen molar-refractivity contribution in [3.63, 3.8) is 0 Å². The molecule has 0 atom stereocenters. The maximum Gasteiger partial charge on any atom is 0.222 e. The van der Waals surface area contributed by atoms with Crippen LogP contribution in [0.2, 0.25) is 0 Å². The second-order valence-electron chi connectivity index (χ2n) is 7.16. The number of hydrogen-bond acceptors (Lipinski definition) is 3. The average molecular weight is 343 g/mol. The highest BCUT2D eigenvalue weighted by Gasteiger charge is 2.22. The molecule has 0 radical (unpaired) electrons. The minimum Gasteiger partial charge on any atom is -0.368 e.